The van der Waals surface area contributed by atoms with Crippen LogP contribution in [0.5, 0.6) is 0 Å². The van der Waals surface area contributed by atoms with Crippen molar-refractivity contribution in [3.05, 3.63) is 65.0 Å². The molecule has 0 unspecified atom stereocenters. The fourth-order valence-electron chi connectivity index (χ4n) is 2.47. The number of anilines is 1. The van der Waals surface area contributed by atoms with Gasteiger partial charge in [0.05, 0.1) is 11.4 Å². The summed E-state index contributed by atoms with van der Waals surface area (Å²) in [4.78, 5) is 24.1. The second-order valence-corrected chi connectivity index (χ2v) is 6.77. The van der Waals surface area contributed by atoms with Crippen molar-refractivity contribution in [3.8, 4) is 17.3 Å². The van der Waals surface area contributed by atoms with E-state index in [1.54, 1.807) is 12.1 Å². The number of nitriles is 1. The zero-order valence-corrected chi connectivity index (χ0v) is 15.5. The highest BCUT2D eigenvalue weighted by molar-refractivity contribution is 7.98. The summed E-state index contributed by atoms with van der Waals surface area (Å²) in [6, 6.07) is 15.1. The molecule has 0 spiro atoms. The number of rotatable bonds is 6. The van der Waals surface area contributed by atoms with E-state index in [4.69, 9.17) is 7.10 Å². The lowest BCUT2D eigenvalue weighted by atomic mass is 10.1. The first-order valence-electron chi connectivity index (χ1n) is 8.68. The van der Waals surface area contributed by atoms with E-state index in [1.165, 1.54) is 11.8 Å². The number of aldehydes is 1. The summed E-state index contributed by atoms with van der Waals surface area (Å²) in [5.74, 6) is 0.607. The van der Waals surface area contributed by atoms with Crippen LogP contribution in [0, 0.1) is 18.3 Å². The number of pyridine rings is 1. The Morgan fingerprint density at radius 2 is 1.93 bits per heavy atom. The Morgan fingerprint density at radius 1 is 1.19 bits per heavy atom. The molecule has 0 amide bonds. The molecule has 2 aromatic heterocycles. The molecule has 7 heteroatoms. The summed E-state index contributed by atoms with van der Waals surface area (Å²) in [6.45, 7) is 1.99. The van der Waals surface area contributed by atoms with Gasteiger partial charge in [-0.2, -0.15) is 5.26 Å². The van der Waals surface area contributed by atoms with Crippen molar-refractivity contribution in [1.29, 1.82) is 5.26 Å². The fraction of sp³-hybridized carbons (Fsp3) is 0.150. The van der Waals surface area contributed by atoms with Gasteiger partial charge in [0.2, 0.25) is 0 Å². The molecule has 2 N–H and O–H groups in total. The normalized spacial score (nSPS) is 10.9. The number of nitrogen functional groups attached to an aromatic ring is 1. The Kier molecular flexibility index (Phi) is 5.36. The number of hydrogen-bond donors (Lipinski definition) is 1. The molecule has 0 aliphatic heterocycles. The third-order valence-corrected chi connectivity index (χ3v) is 4.70. The first kappa shape index (κ1) is 17.2. The van der Waals surface area contributed by atoms with Gasteiger partial charge in [0, 0.05) is 23.4 Å². The Hall–Kier alpha value is -3.24. The number of carbonyl (C=O) groups is 1. The third kappa shape index (κ3) is 4.49. The van der Waals surface area contributed by atoms with Gasteiger partial charge in [-0.25, -0.2) is 9.97 Å². The lowest BCUT2D eigenvalue weighted by Gasteiger charge is -2.09. The largest absolute Gasteiger partial charge is 0.382 e. The number of thioether (sulfide) groups is 1. The zero-order chi connectivity index (χ0) is 20.1. The van der Waals surface area contributed by atoms with Crippen LogP contribution in [0.2, 0.25) is 0 Å². The molecule has 0 radical (unpaired) electrons. The Morgan fingerprint density at radius 3 is 2.63 bits per heavy atom. The van der Waals surface area contributed by atoms with Gasteiger partial charge in [-0.3, -0.25) is 4.98 Å². The van der Waals surface area contributed by atoms with E-state index in [9.17, 15) is 10.1 Å². The molecule has 0 aliphatic carbocycles. The van der Waals surface area contributed by atoms with Crippen LogP contribution < -0.4 is 5.73 Å². The van der Waals surface area contributed by atoms with Gasteiger partial charge < -0.3 is 10.5 Å². The van der Waals surface area contributed by atoms with Gasteiger partial charge in [0.25, 0.3) is 0 Å². The maximum absolute atomic E-state index is 11.0. The molecule has 0 atom stereocenters. The predicted octanol–water partition coefficient (Wildman–Crippen LogP) is 3.33. The molecule has 2 heterocycles. The molecule has 6 nitrogen and oxygen atoms in total. The van der Waals surface area contributed by atoms with Gasteiger partial charge in [0.15, 0.2) is 5.16 Å². The molecule has 0 bridgehead atoms. The van der Waals surface area contributed by atoms with E-state index in [-0.39, 0.29) is 17.8 Å². The molecule has 0 saturated heterocycles. The topological polar surface area (TPSA) is 106 Å². The van der Waals surface area contributed by atoms with Crippen LogP contribution in [0.25, 0.3) is 11.3 Å². The highest BCUT2D eigenvalue weighted by Gasteiger charge is 2.14. The summed E-state index contributed by atoms with van der Waals surface area (Å²) in [5.41, 5.74) is 9.94. The average Bonchev–Trinajstić information content (AvgIpc) is 2.66. The molecule has 0 fully saturated rings. The second kappa shape index (κ2) is 8.43. The standard InChI is InChI=1S/C20H17N5OS/c1-13-5-7-14(8-6-13)18-17(11-21)19(22)25-20(24-18)27-12-16-4-2-3-15(23-16)9-10-26/h2-8,10H,9,12H2,1H3,(H2,22,24,25)/i10T. The summed E-state index contributed by atoms with van der Waals surface area (Å²) >= 11 is 1.34. The molecule has 0 saturated carbocycles. The monoisotopic (exact) mass is 377 g/mol. The Balaban J connectivity index is 1.86. The summed E-state index contributed by atoms with van der Waals surface area (Å²) in [7, 11) is 0. The number of benzene rings is 1. The number of hydrogen-bond acceptors (Lipinski definition) is 7. The Bertz CT molecular complexity index is 1060. The molecule has 3 rings (SSSR count). The maximum Gasteiger partial charge on any atom is 0.190 e. The van der Waals surface area contributed by atoms with E-state index < -0.39 is 6.26 Å². The lowest BCUT2D eigenvalue weighted by Crippen LogP contribution is -2.03. The fourth-order valence-corrected chi connectivity index (χ4v) is 3.23. The van der Waals surface area contributed by atoms with Crippen molar-refractivity contribution in [2.75, 3.05) is 5.73 Å². The van der Waals surface area contributed by atoms with Gasteiger partial charge in [-0.05, 0) is 19.1 Å². The molecule has 1 aromatic carbocycles. The predicted molar refractivity (Wildman–Crippen MR) is 105 cm³/mol. The highest BCUT2D eigenvalue weighted by atomic mass is 32.2. The Labute approximate surface area is 162 Å². The highest BCUT2D eigenvalue weighted by Crippen LogP contribution is 2.28. The van der Waals surface area contributed by atoms with Crippen molar-refractivity contribution in [1.82, 2.24) is 15.0 Å². The summed E-state index contributed by atoms with van der Waals surface area (Å²) < 4.78 is 7.06. The van der Waals surface area contributed by atoms with E-state index in [0.717, 1.165) is 16.8 Å². The van der Waals surface area contributed by atoms with Crippen molar-refractivity contribution < 1.29 is 6.17 Å². The minimum Gasteiger partial charge on any atom is -0.382 e. The molecule has 27 heavy (non-hydrogen) atoms. The van der Waals surface area contributed by atoms with Crippen LogP contribution in [0.4, 0.5) is 5.82 Å². The molecule has 3 aromatic rings. The van der Waals surface area contributed by atoms with Crippen molar-refractivity contribution in [2.24, 2.45) is 0 Å². The zero-order valence-electron chi connectivity index (χ0n) is 15.6. The van der Waals surface area contributed by atoms with Crippen molar-refractivity contribution in [2.45, 2.75) is 24.3 Å². The van der Waals surface area contributed by atoms with Crippen LogP contribution in [0.15, 0.2) is 47.6 Å². The van der Waals surface area contributed by atoms with Crippen LogP contribution >= 0.6 is 11.8 Å². The molecule has 134 valence electrons. The van der Waals surface area contributed by atoms with Crippen molar-refractivity contribution >= 4 is 23.8 Å². The second-order valence-electron chi connectivity index (χ2n) is 5.82. The van der Waals surface area contributed by atoms with Gasteiger partial charge >= 0.3 is 0 Å². The number of aromatic nitrogens is 3. The van der Waals surface area contributed by atoms with E-state index in [0.29, 0.717) is 22.3 Å². The van der Waals surface area contributed by atoms with Crippen molar-refractivity contribution in [3.63, 3.8) is 0 Å². The molecule has 0 aliphatic rings. The number of nitrogens with zero attached hydrogens (tertiary/aromatic N) is 4. The average molecular weight is 377 g/mol. The van der Waals surface area contributed by atoms with E-state index in [1.807, 2.05) is 37.3 Å². The maximum atomic E-state index is 11.0. The SMILES string of the molecule is [3H]C(=O)Cc1cccc(CSc2nc(N)c(C#N)c(-c3ccc(C)cc3)n2)n1. The molecular formula is C20H17N5OS. The number of nitrogens with two attached hydrogens (primary N) is 1. The quantitative estimate of drug-likeness (QED) is 0.399. The molecular weight excluding hydrogens is 358 g/mol. The smallest absolute Gasteiger partial charge is 0.190 e. The number of aryl methyl sites for hydroxylation is 1. The third-order valence-electron chi connectivity index (χ3n) is 3.82. The minimum absolute atomic E-state index is 0.0175. The minimum atomic E-state index is -0.678. The first-order chi connectivity index (χ1) is 13.5. The van der Waals surface area contributed by atoms with Gasteiger partial charge in [0.1, 0.15) is 25.1 Å². The summed E-state index contributed by atoms with van der Waals surface area (Å²) in [5, 5.41) is 9.89. The van der Waals surface area contributed by atoms with E-state index in [2.05, 4.69) is 21.0 Å². The van der Waals surface area contributed by atoms with Gasteiger partial charge in [-0.1, -0.05) is 47.7 Å². The van der Waals surface area contributed by atoms with Gasteiger partial charge in [-0.15, -0.1) is 0 Å². The van der Waals surface area contributed by atoms with E-state index >= 15 is 0 Å². The van der Waals surface area contributed by atoms with Crippen LogP contribution in [0.3, 0.4) is 0 Å². The van der Waals surface area contributed by atoms with Crippen LogP contribution in [0.1, 0.15) is 23.9 Å². The number of carbonyl (C=O) groups excluding carboxylic acids is 1. The lowest BCUT2D eigenvalue weighted by molar-refractivity contribution is -0.107. The van der Waals surface area contributed by atoms with Crippen LogP contribution in [-0.4, -0.2) is 21.2 Å². The first-order valence-corrected chi connectivity index (χ1v) is 9.16. The summed E-state index contributed by atoms with van der Waals surface area (Å²) in [6.07, 6.45) is -0.695. The van der Waals surface area contributed by atoms with Crippen LogP contribution in [-0.2, 0) is 17.0 Å².